The predicted molar refractivity (Wildman–Crippen MR) is 101 cm³/mol. The van der Waals surface area contributed by atoms with Gasteiger partial charge in [-0.2, -0.15) is 0 Å². The van der Waals surface area contributed by atoms with E-state index in [0.29, 0.717) is 12.5 Å². The molecule has 0 heterocycles. The van der Waals surface area contributed by atoms with E-state index in [1.165, 1.54) is 5.56 Å². The maximum atomic E-state index is 9.20. The van der Waals surface area contributed by atoms with E-state index in [2.05, 4.69) is 24.2 Å². The minimum absolute atomic E-state index is 0. The van der Waals surface area contributed by atoms with Crippen LogP contribution >= 0.6 is 24.0 Å². The molecular formula is C16H28IN3O. The van der Waals surface area contributed by atoms with Crippen molar-refractivity contribution in [3.8, 4) is 0 Å². The van der Waals surface area contributed by atoms with Gasteiger partial charge in [-0.15, -0.1) is 24.0 Å². The number of aliphatic imine (C=N–C) groups is 1. The van der Waals surface area contributed by atoms with Crippen LogP contribution in [-0.2, 0) is 0 Å². The first-order chi connectivity index (χ1) is 9.55. The number of halogens is 1. The number of aliphatic hydroxyl groups is 1. The van der Waals surface area contributed by atoms with Crippen LogP contribution in [0, 0.1) is 12.3 Å². The van der Waals surface area contributed by atoms with Crippen LogP contribution in [0.25, 0.3) is 0 Å². The summed E-state index contributed by atoms with van der Waals surface area (Å²) < 4.78 is 0. The molecular weight excluding hydrogens is 377 g/mol. The summed E-state index contributed by atoms with van der Waals surface area (Å²) in [6.07, 6.45) is 2.75. The molecule has 0 spiro atoms. The van der Waals surface area contributed by atoms with Crippen molar-refractivity contribution >= 4 is 35.6 Å². The highest BCUT2D eigenvalue weighted by molar-refractivity contribution is 14.0. The summed E-state index contributed by atoms with van der Waals surface area (Å²) in [5, 5.41) is 12.3. The average molecular weight is 405 g/mol. The van der Waals surface area contributed by atoms with E-state index in [1.807, 2.05) is 31.2 Å². The molecule has 4 nitrogen and oxygen atoms in total. The maximum Gasteiger partial charge on any atom is 0.193 e. The number of rotatable bonds is 7. The van der Waals surface area contributed by atoms with Gasteiger partial charge in [-0.1, -0.05) is 26.0 Å². The number of nitrogens with one attached hydrogen (secondary N) is 1. The Hall–Kier alpha value is -0.820. The second-order valence-corrected chi connectivity index (χ2v) is 5.38. The number of hydrogen-bond acceptors (Lipinski definition) is 2. The van der Waals surface area contributed by atoms with Crippen LogP contribution in [0.15, 0.2) is 29.3 Å². The van der Waals surface area contributed by atoms with Gasteiger partial charge in [-0.05, 0) is 49.3 Å². The fourth-order valence-corrected chi connectivity index (χ4v) is 2.31. The van der Waals surface area contributed by atoms with E-state index in [0.717, 1.165) is 24.9 Å². The van der Waals surface area contributed by atoms with Gasteiger partial charge in [0.2, 0.25) is 0 Å². The SMILES string of the molecule is CCC(CC)(CCO)CN=C(N)Nc1cccc(C)c1.I. The second-order valence-electron chi connectivity index (χ2n) is 5.38. The Kier molecular flexibility index (Phi) is 9.61. The third kappa shape index (κ3) is 6.65. The van der Waals surface area contributed by atoms with E-state index in [4.69, 9.17) is 5.73 Å². The average Bonchev–Trinajstić information content (AvgIpc) is 2.44. The number of aliphatic hydroxyl groups excluding tert-OH is 1. The summed E-state index contributed by atoms with van der Waals surface area (Å²) in [7, 11) is 0. The Morgan fingerprint density at radius 2 is 2.00 bits per heavy atom. The lowest BCUT2D eigenvalue weighted by Gasteiger charge is -2.29. The van der Waals surface area contributed by atoms with Gasteiger partial charge in [0.05, 0.1) is 0 Å². The van der Waals surface area contributed by atoms with E-state index in [9.17, 15) is 5.11 Å². The van der Waals surface area contributed by atoms with Crippen LogP contribution < -0.4 is 11.1 Å². The number of nitrogens with zero attached hydrogens (tertiary/aromatic N) is 1. The molecule has 1 aromatic rings. The molecule has 0 atom stereocenters. The number of hydrogen-bond donors (Lipinski definition) is 3. The zero-order chi connectivity index (χ0) is 15.0. The van der Waals surface area contributed by atoms with Crippen molar-refractivity contribution in [2.24, 2.45) is 16.1 Å². The lowest BCUT2D eigenvalue weighted by atomic mass is 9.79. The molecule has 1 aromatic carbocycles. The molecule has 0 aliphatic carbocycles. The van der Waals surface area contributed by atoms with Crippen LogP contribution in [0.1, 0.15) is 38.7 Å². The lowest BCUT2D eigenvalue weighted by Crippen LogP contribution is -2.29. The van der Waals surface area contributed by atoms with E-state index in [1.54, 1.807) is 0 Å². The maximum absolute atomic E-state index is 9.20. The van der Waals surface area contributed by atoms with Crippen molar-refractivity contribution in [3.63, 3.8) is 0 Å². The van der Waals surface area contributed by atoms with Gasteiger partial charge in [-0.25, -0.2) is 0 Å². The van der Waals surface area contributed by atoms with Crippen molar-refractivity contribution < 1.29 is 5.11 Å². The first kappa shape index (κ1) is 20.2. The number of anilines is 1. The van der Waals surface area contributed by atoms with Gasteiger partial charge in [0.25, 0.3) is 0 Å². The molecule has 21 heavy (non-hydrogen) atoms. The highest BCUT2D eigenvalue weighted by atomic mass is 127. The first-order valence-corrected chi connectivity index (χ1v) is 7.29. The molecule has 0 aliphatic heterocycles. The van der Waals surface area contributed by atoms with Gasteiger partial charge in [0.1, 0.15) is 0 Å². The quantitative estimate of drug-likeness (QED) is 0.369. The molecule has 0 saturated heterocycles. The molecule has 0 amide bonds. The molecule has 0 saturated carbocycles. The van der Waals surface area contributed by atoms with Gasteiger partial charge in [-0.3, -0.25) is 4.99 Å². The smallest absolute Gasteiger partial charge is 0.193 e. The highest BCUT2D eigenvalue weighted by Gasteiger charge is 2.25. The fourth-order valence-electron chi connectivity index (χ4n) is 2.31. The highest BCUT2D eigenvalue weighted by Crippen LogP contribution is 2.30. The number of nitrogens with two attached hydrogens (primary N) is 1. The number of aryl methyl sites for hydroxylation is 1. The third-order valence-corrected chi connectivity index (χ3v) is 4.02. The predicted octanol–water partition coefficient (Wildman–Crippen LogP) is 3.53. The molecule has 0 bridgehead atoms. The molecule has 0 fully saturated rings. The fraction of sp³-hybridized carbons (Fsp3) is 0.562. The van der Waals surface area contributed by atoms with Crippen molar-refractivity contribution in [3.05, 3.63) is 29.8 Å². The summed E-state index contributed by atoms with van der Waals surface area (Å²) in [4.78, 5) is 4.45. The molecule has 1 rings (SSSR count). The first-order valence-electron chi connectivity index (χ1n) is 7.29. The normalized spacial score (nSPS) is 11.9. The standard InChI is InChI=1S/C16H27N3O.HI/c1-4-16(5-2,9-10-20)12-18-15(17)19-14-8-6-7-13(3)11-14;/h6-8,11,20H,4-5,9-10,12H2,1-3H3,(H3,17,18,19);1H. The Balaban J connectivity index is 0.00000400. The van der Waals surface area contributed by atoms with Crippen LogP contribution in [0.2, 0.25) is 0 Å². The summed E-state index contributed by atoms with van der Waals surface area (Å²) in [5.74, 6) is 0.430. The van der Waals surface area contributed by atoms with Gasteiger partial charge in [0.15, 0.2) is 5.96 Å². The van der Waals surface area contributed by atoms with Gasteiger partial charge < -0.3 is 16.2 Å². The van der Waals surface area contributed by atoms with Crippen molar-refractivity contribution in [1.29, 1.82) is 0 Å². The Bertz CT molecular complexity index is 445. The molecule has 0 unspecified atom stereocenters. The topological polar surface area (TPSA) is 70.6 Å². The van der Waals surface area contributed by atoms with Crippen LogP contribution in [0.3, 0.4) is 0 Å². The van der Waals surface area contributed by atoms with Crippen LogP contribution in [0.5, 0.6) is 0 Å². The molecule has 120 valence electrons. The lowest BCUT2D eigenvalue weighted by molar-refractivity contribution is 0.175. The second kappa shape index (κ2) is 10.00. The number of guanidine groups is 1. The Morgan fingerprint density at radius 3 is 2.52 bits per heavy atom. The largest absolute Gasteiger partial charge is 0.396 e. The molecule has 5 heteroatoms. The zero-order valence-electron chi connectivity index (χ0n) is 13.2. The van der Waals surface area contributed by atoms with E-state index >= 15 is 0 Å². The summed E-state index contributed by atoms with van der Waals surface area (Å²) in [6.45, 7) is 7.16. The van der Waals surface area contributed by atoms with Crippen LogP contribution in [0.4, 0.5) is 5.69 Å². The minimum atomic E-state index is 0. The number of benzene rings is 1. The van der Waals surface area contributed by atoms with E-state index < -0.39 is 0 Å². The monoisotopic (exact) mass is 405 g/mol. The summed E-state index contributed by atoms with van der Waals surface area (Å²) in [6, 6.07) is 8.02. The van der Waals surface area contributed by atoms with Crippen molar-refractivity contribution in [2.45, 2.75) is 40.0 Å². The molecule has 0 aromatic heterocycles. The van der Waals surface area contributed by atoms with Crippen molar-refractivity contribution in [1.82, 2.24) is 0 Å². The summed E-state index contributed by atoms with van der Waals surface area (Å²) >= 11 is 0. The molecule has 0 aliphatic rings. The zero-order valence-corrected chi connectivity index (χ0v) is 15.6. The summed E-state index contributed by atoms with van der Waals surface area (Å²) in [5.41, 5.74) is 8.13. The van der Waals surface area contributed by atoms with Gasteiger partial charge in [0, 0.05) is 18.8 Å². The van der Waals surface area contributed by atoms with E-state index in [-0.39, 0.29) is 36.0 Å². The Labute approximate surface area is 145 Å². The molecule has 4 N–H and O–H groups in total. The minimum Gasteiger partial charge on any atom is -0.396 e. The third-order valence-electron chi connectivity index (χ3n) is 4.02. The van der Waals surface area contributed by atoms with Gasteiger partial charge >= 0.3 is 0 Å². The van der Waals surface area contributed by atoms with Crippen LogP contribution in [-0.4, -0.2) is 24.2 Å². The Morgan fingerprint density at radius 1 is 1.33 bits per heavy atom. The van der Waals surface area contributed by atoms with Crippen molar-refractivity contribution in [2.75, 3.05) is 18.5 Å². The molecule has 0 radical (unpaired) electrons.